The van der Waals surface area contributed by atoms with Gasteiger partial charge in [-0.1, -0.05) is 13.8 Å². The second kappa shape index (κ2) is 8.74. The molecule has 0 aliphatic carbocycles. The van der Waals surface area contributed by atoms with Gasteiger partial charge >= 0.3 is 6.18 Å². The fourth-order valence-corrected chi connectivity index (χ4v) is 2.50. The first-order chi connectivity index (χ1) is 13.1. The van der Waals surface area contributed by atoms with Gasteiger partial charge in [0.05, 0.1) is 17.2 Å². The van der Waals surface area contributed by atoms with Gasteiger partial charge in [-0.2, -0.15) is 18.4 Å². The number of amides is 1. The van der Waals surface area contributed by atoms with Crippen LogP contribution in [0.25, 0.3) is 0 Å². The first kappa shape index (κ1) is 21.2. The molecule has 1 N–H and O–H groups in total. The summed E-state index contributed by atoms with van der Waals surface area (Å²) in [7, 11) is 0. The van der Waals surface area contributed by atoms with E-state index in [4.69, 9.17) is 5.26 Å². The summed E-state index contributed by atoms with van der Waals surface area (Å²) in [6.45, 7) is 3.97. The van der Waals surface area contributed by atoms with Crippen molar-refractivity contribution < 1.29 is 22.4 Å². The quantitative estimate of drug-likeness (QED) is 0.729. The fourth-order valence-electron chi connectivity index (χ4n) is 2.50. The summed E-state index contributed by atoms with van der Waals surface area (Å²) in [5.74, 6) is -0.699. The molecular formula is C20H19F4N3O. The molecule has 0 heterocycles. The van der Waals surface area contributed by atoms with E-state index in [1.54, 1.807) is 0 Å². The Labute approximate surface area is 160 Å². The Balaban J connectivity index is 2.45. The highest BCUT2D eigenvalue weighted by molar-refractivity contribution is 5.84. The van der Waals surface area contributed by atoms with Crippen LogP contribution in [-0.2, 0) is 11.0 Å². The maximum Gasteiger partial charge on any atom is 0.417 e. The Morgan fingerprint density at radius 3 is 2.29 bits per heavy atom. The van der Waals surface area contributed by atoms with Crippen LogP contribution in [0.4, 0.5) is 28.9 Å². The van der Waals surface area contributed by atoms with Gasteiger partial charge in [0, 0.05) is 17.9 Å². The number of anilines is 2. The molecule has 1 amide bonds. The second-order valence-electron chi connectivity index (χ2n) is 6.60. The average molecular weight is 393 g/mol. The number of rotatable bonds is 6. The normalized spacial score (nSPS) is 11.2. The van der Waals surface area contributed by atoms with Crippen molar-refractivity contribution in [2.24, 2.45) is 5.92 Å². The third-order valence-electron chi connectivity index (χ3n) is 3.89. The van der Waals surface area contributed by atoms with Crippen LogP contribution >= 0.6 is 0 Å². The molecule has 2 rings (SSSR count). The highest BCUT2D eigenvalue weighted by Gasteiger charge is 2.34. The van der Waals surface area contributed by atoms with Crippen molar-refractivity contribution in [1.82, 2.24) is 5.32 Å². The van der Waals surface area contributed by atoms with Gasteiger partial charge in [0.2, 0.25) is 5.91 Å². The van der Waals surface area contributed by atoms with Gasteiger partial charge in [-0.05, 0) is 48.4 Å². The zero-order chi connectivity index (χ0) is 20.9. The zero-order valence-electron chi connectivity index (χ0n) is 15.3. The number of carbonyl (C=O) groups is 1. The molecule has 2 aromatic carbocycles. The van der Waals surface area contributed by atoms with Crippen molar-refractivity contribution in [2.75, 3.05) is 18.0 Å². The number of nitrogens with zero attached hydrogens (tertiary/aromatic N) is 2. The van der Waals surface area contributed by atoms with Gasteiger partial charge in [0.1, 0.15) is 12.4 Å². The number of benzene rings is 2. The first-order valence-electron chi connectivity index (χ1n) is 8.53. The predicted molar refractivity (Wildman–Crippen MR) is 97.4 cm³/mol. The zero-order valence-corrected chi connectivity index (χ0v) is 15.3. The first-order valence-corrected chi connectivity index (χ1v) is 8.53. The maximum atomic E-state index is 13.3. The summed E-state index contributed by atoms with van der Waals surface area (Å²) < 4.78 is 53.2. The molecule has 0 fully saturated rings. The molecular weight excluding hydrogens is 374 g/mol. The minimum absolute atomic E-state index is 0.0673. The summed E-state index contributed by atoms with van der Waals surface area (Å²) in [6.07, 6.45) is -4.73. The Morgan fingerprint density at radius 2 is 1.75 bits per heavy atom. The monoisotopic (exact) mass is 393 g/mol. The summed E-state index contributed by atoms with van der Waals surface area (Å²) in [5, 5.41) is 11.7. The van der Waals surface area contributed by atoms with Crippen LogP contribution in [0.2, 0.25) is 0 Å². The van der Waals surface area contributed by atoms with E-state index in [1.165, 1.54) is 29.2 Å². The Hall–Kier alpha value is -3.08. The number of nitriles is 1. The third-order valence-corrected chi connectivity index (χ3v) is 3.89. The molecule has 0 spiro atoms. The largest absolute Gasteiger partial charge is 0.417 e. The summed E-state index contributed by atoms with van der Waals surface area (Å²) in [6, 6.07) is 9.78. The number of hydrogen-bond donors (Lipinski definition) is 1. The van der Waals surface area contributed by atoms with E-state index in [1.807, 2.05) is 13.8 Å². The van der Waals surface area contributed by atoms with Crippen molar-refractivity contribution >= 4 is 17.3 Å². The van der Waals surface area contributed by atoms with Crippen LogP contribution in [-0.4, -0.2) is 19.0 Å². The van der Waals surface area contributed by atoms with Crippen LogP contribution in [0.5, 0.6) is 0 Å². The van der Waals surface area contributed by atoms with Gasteiger partial charge in [0.25, 0.3) is 0 Å². The van der Waals surface area contributed by atoms with E-state index >= 15 is 0 Å². The van der Waals surface area contributed by atoms with Crippen LogP contribution < -0.4 is 10.2 Å². The lowest BCUT2D eigenvalue weighted by atomic mass is 10.1. The molecule has 0 atom stereocenters. The molecule has 0 aliphatic heterocycles. The molecule has 0 aliphatic rings. The minimum atomic E-state index is -4.73. The van der Waals surface area contributed by atoms with Gasteiger partial charge in [-0.3, -0.25) is 4.79 Å². The van der Waals surface area contributed by atoms with Gasteiger partial charge in [0.15, 0.2) is 0 Å². The van der Waals surface area contributed by atoms with Crippen molar-refractivity contribution in [3.63, 3.8) is 0 Å². The number of halogens is 4. The Kier molecular flexibility index (Phi) is 6.62. The SMILES string of the molecule is CC(C)CNC(=O)CN(c1ccc(F)cc1)c1ccc(C#N)c(C(F)(F)F)c1. The second-order valence-corrected chi connectivity index (χ2v) is 6.60. The molecule has 2 aromatic rings. The molecule has 0 saturated carbocycles. The van der Waals surface area contributed by atoms with Crippen molar-refractivity contribution in [1.29, 1.82) is 5.26 Å². The smallest absolute Gasteiger partial charge is 0.354 e. The lowest BCUT2D eigenvalue weighted by Crippen LogP contribution is -2.36. The number of nitrogens with one attached hydrogen (secondary N) is 1. The number of alkyl halides is 3. The van der Waals surface area contributed by atoms with E-state index in [-0.39, 0.29) is 18.2 Å². The summed E-state index contributed by atoms with van der Waals surface area (Å²) in [4.78, 5) is 13.6. The summed E-state index contributed by atoms with van der Waals surface area (Å²) in [5.41, 5.74) is -1.20. The lowest BCUT2D eigenvalue weighted by Gasteiger charge is -2.26. The molecule has 0 radical (unpaired) electrons. The minimum Gasteiger partial charge on any atom is -0.354 e. The molecule has 8 heteroatoms. The lowest BCUT2D eigenvalue weighted by molar-refractivity contribution is -0.137. The van der Waals surface area contributed by atoms with Gasteiger partial charge < -0.3 is 10.2 Å². The molecule has 0 saturated heterocycles. The van der Waals surface area contributed by atoms with Crippen LogP contribution in [0.3, 0.4) is 0 Å². The van der Waals surface area contributed by atoms with Gasteiger partial charge in [-0.25, -0.2) is 4.39 Å². The van der Waals surface area contributed by atoms with Crippen molar-refractivity contribution in [3.05, 3.63) is 59.4 Å². The standard InChI is InChI=1S/C20H19F4N3O/c1-13(2)11-26-19(28)12-27(16-7-4-15(21)5-8-16)17-6-3-14(10-25)18(9-17)20(22,23)24/h3-9,13H,11-12H2,1-2H3,(H,26,28). The van der Waals surface area contributed by atoms with Crippen LogP contribution in [0.1, 0.15) is 25.0 Å². The van der Waals surface area contributed by atoms with E-state index < -0.39 is 29.0 Å². The van der Waals surface area contributed by atoms with Crippen LogP contribution in [0, 0.1) is 23.1 Å². The number of hydrogen-bond acceptors (Lipinski definition) is 3. The summed E-state index contributed by atoms with van der Waals surface area (Å²) >= 11 is 0. The Bertz CT molecular complexity index is 871. The predicted octanol–water partition coefficient (Wildman–Crippen LogP) is 4.63. The number of carbonyl (C=O) groups excluding carboxylic acids is 1. The molecule has 0 bridgehead atoms. The molecule has 28 heavy (non-hydrogen) atoms. The molecule has 148 valence electrons. The van der Waals surface area contributed by atoms with E-state index in [0.717, 1.165) is 24.3 Å². The van der Waals surface area contributed by atoms with E-state index in [9.17, 15) is 22.4 Å². The highest BCUT2D eigenvalue weighted by atomic mass is 19.4. The third kappa shape index (κ3) is 5.46. The topological polar surface area (TPSA) is 56.1 Å². The average Bonchev–Trinajstić information content (AvgIpc) is 2.64. The molecule has 0 unspecified atom stereocenters. The van der Waals surface area contributed by atoms with Crippen molar-refractivity contribution in [3.8, 4) is 6.07 Å². The molecule has 0 aromatic heterocycles. The van der Waals surface area contributed by atoms with E-state index in [0.29, 0.717) is 12.2 Å². The molecule has 4 nitrogen and oxygen atoms in total. The van der Waals surface area contributed by atoms with Gasteiger partial charge in [-0.15, -0.1) is 0 Å². The fraction of sp³-hybridized carbons (Fsp3) is 0.300. The maximum absolute atomic E-state index is 13.3. The highest BCUT2D eigenvalue weighted by Crippen LogP contribution is 2.36. The van der Waals surface area contributed by atoms with E-state index in [2.05, 4.69) is 5.32 Å². The Morgan fingerprint density at radius 1 is 1.14 bits per heavy atom. The van der Waals surface area contributed by atoms with Crippen molar-refractivity contribution in [2.45, 2.75) is 20.0 Å². The van der Waals surface area contributed by atoms with Crippen LogP contribution in [0.15, 0.2) is 42.5 Å².